The number of methoxy groups -OCH3 is 1. The van der Waals surface area contributed by atoms with Crippen LogP contribution in [0.15, 0.2) is 24.3 Å². The molecule has 2 amide bonds. The standard InChI is InChI=1S/C16H21ClN2O3/c1-16(2,10-17)15(21)18-11-8-14(20)19(9-11)12-4-6-13(22-3)7-5-12/h4-7,11H,8-10H2,1-3H3,(H,18,21)/t11-/m0/s1. The average Bonchev–Trinajstić information content (AvgIpc) is 2.87. The summed E-state index contributed by atoms with van der Waals surface area (Å²) in [4.78, 5) is 26.0. The van der Waals surface area contributed by atoms with E-state index < -0.39 is 5.41 Å². The van der Waals surface area contributed by atoms with Crippen LogP contribution in [0, 0.1) is 5.41 Å². The Morgan fingerprint density at radius 2 is 2.05 bits per heavy atom. The lowest BCUT2D eigenvalue weighted by Gasteiger charge is -2.23. The minimum atomic E-state index is -0.641. The number of halogens is 1. The van der Waals surface area contributed by atoms with Gasteiger partial charge in [-0.25, -0.2) is 0 Å². The van der Waals surface area contributed by atoms with Crippen LogP contribution in [-0.2, 0) is 9.59 Å². The summed E-state index contributed by atoms with van der Waals surface area (Å²) in [6.07, 6.45) is 0.302. The first-order chi connectivity index (χ1) is 10.4. The molecule has 0 radical (unpaired) electrons. The zero-order valence-corrected chi connectivity index (χ0v) is 13.8. The van der Waals surface area contributed by atoms with Crippen molar-refractivity contribution in [3.63, 3.8) is 0 Å². The van der Waals surface area contributed by atoms with Gasteiger partial charge in [-0.1, -0.05) is 0 Å². The summed E-state index contributed by atoms with van der Waals surface area (Å²) in [6.45, 7) is 4.04. The summed E-state index contributed by atoms with van der Waals surface area (Å²) >= 11 is 5.81. The number of carbonyl (C=O) groups is 2. The van der Waals surface area contributed by atoms with Crippen molar-refractivity contribution in [1.29, 1.82) is 0 Å². The van der Waals surface area contributed by atoms with E-state index in [9.17, 15) is 9.59 Å². The van der Waals surface area contributed by atoms with Crippen LogP contribution in [0.25, 0.3) is 0 Å². The molecule has 1 atom stereocenters. The minimum Gasteiger partial charge on any atom is -0.497 e. The Hall–Kier alpha value is -1.75. The normalized spacial score (nSPS) is 18.5. The highest BCUT2D eigenvalue weighted by Crippen LogP contribution is 2.25. The van der Waals surface area contributed by atoms with Gasteiger partial charge in [-0.2, -0.15) is 0 Å². The van der Waals surface area contributed by atoms with Gasteiger partial charge >= 0.3 is 0 Å². The molecule has 1 aromatic rings. The van der Waals surface area contributed by atoms with Crippen LogP contribution in [0.5, 0.6) is 5.75 Å². The molecule has 0 aromatic heterocycles. The van der Waals surface area contributed by atoms with Crippen molar-refractivity contribution in [2.24, 2.45) is 5.41 Å². The number of ether oxygens (including phenoxy) is 1. The Kier molecular flexibility index (Phi) is 4.96. The molecule has 5 nitrogen and oxygen atoms in total. The Labute approximate surface area is 135 Å². The van der Waals surface area contributed by atoms with E-state index in [2.05, 4.69) is 5.32 Å². The number of alkyl halides is 1. The van der Waals surface area contributed by atoms with E-state index in [4.69, 9.17) is 16.3 Å². The van der Waals surface area contributed by atoms with E-state index in [0.29, 0.717) is 13.0 Å². The molecule has 2 rings (SSSR count). The third kappa shape index (κ3) is 3.53. The number of amides is 2. The maximum absolute atomic E-state index is 12.2. The number of carbonyl (C=O) groups excluding carboxylic acids is 2. The van der Waals surface area contributed by atoms with Crippen molar-refractivity contribution in [2.75, 3.05) is 24.4 Å². The molecule has 0 saturated carbocycles. The molecule has 0 spiro atoms. The van der Waals surface area contributed by atoms with Crippen LogP contribution in [0.3, 0.4) is 0 Å². The number of nitrogens with one attached hydrogen (secondary N) is 1. The van der Waals surface area contributed by atoms with Crippen LogP contribution < -0.4 is 15.0 Å². The molecular weight excluding hydrogens is 304 g/mol. The van der Waals surface area contributed by atoms with E-state index in [-0.39, 0.29) is 23.7 Å². The molecule has 1 fully saturated rings. The predicted octanol–water partition coefficient (Wildman–Crippen LogP) is 2.18. The molecule has 0 bridgehead atoms. The number of hydrogen-bond donors (Lipinski definition) is 1. The maximum atomic E-state index is 12.2. The van der Waals surface area contributed by atoms with E-state index >= 15 is 0 Å². The van der Waals surface area contributed by atoms with Gasteiger partial charge in [0, 0.05) is 24.5 Å². The van der Waals surface area contributed by atoms with Crippen molar-refractivity contribution in [3.8, 4) is 5.75 Å². The summed E-state index contributed by atoms with van der Waals surface area (Å²) in [5.74, 6) is 0.849. The molecular formula is C16H21ClN2O3. The van der Waals surface area contributed by atoms with E-state index in [1.807, 2.05) is 24.3 Å². The first kappa shape index (κ1) is 16.6. The summed E-state index contributed by atoms with van der Waals surface area (Å²) < 4.78 is 5.11. The molecule has 22 heavy (non-hydrogen) atoms. The third-order valence-electron chi connectivity index (χ3n) is 3.79. The SMILES string of the molecule is COc1ccc(N2C[C@@H](NC(=O)C(C)(C)CCl)CC2=O)cc1. The van der Waals surface area contributed by atoms with Crippen LogP contribution >= 0.6 is 11.6 Å². The minimum absolute atomic E-state index is 0.000790. The van der Waals surface area contributed by atoms with Gasteiger partial charge in [0.25, 0.3) is 0 Å². The van der Waals surface area contributed by atoms with E-state index in [0.717, 1.165) is 11.4 Å². The Morgan fingerprint density at radius 3 is 2.59 bits per heavy atom. The van der Waals surface area contributed by atoms with Crippen LogP contribution in [0.4, 0.5) is 5.69 Å². The fourth-order valence-electron chi connectivity index (χ4n) is 2.26. The van der Waals surface area contributed by atoms with Crippen molar-refractivity contribution >= 4 is 29.1 Å². The fraction of sp³-hybridized carbons (Fsp3) is 0.500. The van der Waals surface area contributed by atoms with Gasteiger partial charge in [0.05, 0.1) is 18.6 Å². The zero-order valence-electron chi connectivity index (χ0n) is 13.1. The number of hydrogen-bond acceptors (Lipinski definition) is 3. The smallest absolute Gasteiger partial charge is 0.229 e. The molecule has 0 aliphatic carbocycles. The number of rotatable bonds is 5. The maximum Gasteiger partial charge on any atom is 0.229 e. The largest absolute Gasteiger partial charge is 0.497 e. The first-order valence-electron chi connectivity index (χ1n) is 7.18. The molecule has 1 aromatic carbocycles. The zero-order chi connectivity index (χ0) is 16.3. The van der Waals surface area contributed by atoms with Gasteiger partial charge in [0.2, 0.25) is 11.8 Å². The third-order valence-corrected chi connectivity index (χ3v) is 4.46. The van der Waals surface area contributed by atoms with Gasteiger partial charge in [-0.15, -0.1) is 11.6 Å². The Bertz CT molecular complexity index is 557. The van der Waals surface area contributed by atoms with Crippen molar-refractivity contribution in [3.05, 3.63) is 24.3 Å². The lowest BCUT2D eigenvalue weighted by atomic mass is 9.95. The highest BCUT2D eigenvalue weighted by Gasteiger charge is 2.35. The number of benzene rings is 1. The van der Waals surface area contributed by atoms with E-state index in [1.54, 1.807) is 25.9 Å². The quantitative estimate of drug-likeness (QED) is 0.845. The first-order valence-corrected chi connectivity index (χ1v) is 7.72. The lowest BCUT2D eigenvalue weighted by molar-refractivity contribution is -0.128. The molecule has 1 heterocycles. The molecule has 6 heteroatoms. The van der Waals surface area contributed by atoms with Gasteiger partial charge in [0.1, 0.15) is 5.75 Å². The second kappa shape index (κ2) is 6.57. The van der Waals surface area contributed by atoms with Crippen molar-refractivity contribution in [1.82, 2.24) is 5.32 Å². The van der Waals surface area contributed by atoms with Gasteiger partial charge < -0.3 is 15.0 Å². The Morgan fingerprint density at radius 1 is 1.41 bits per heavy atom. The van der Waals surface area contributed by atoms with Gasteiger partial charge in [0.15, 0.2) is 0 Å². The average molecular weight is 325 g/mol. The van der Waals surface area contributed by atoms with E-state index in [1.165, 1.54) is 0 Å². The topological polar surface area (TPSA) is 58.6 Å². The van der Waals surface area contributed by atoms with Crippen LogP contribution in [0.1, 0.15) is 20.3 Å². The molecule has 1 N–H and O–H groups in total. The molecule has 1 saturated heterocycles. The molecule has 0 unspecified atom stereocenters. The summed E-state index contributed by atoms with van der Waals surface area (Å²) in [5.41, 5.74) is 0.164. The predicted molar refractivity (Wildman–Crippen MR) is 86.4 cm³/mol. The molecule has 1 aliphatic heterocycles. The fourth-order valence-corrected chi connectivity index (χ4v) is 2.38. The highest BCUT2D eigenvalue weighted by molar-refractivity contribution is 6.19. The van der Waals surface area contributed by atoms with Crippen LogP contribution in [0.2, 0.25) is 0 Å². The van der Waals surface area contributed by atoms with Crippen molar-refractivity contribution in [2.45, 2.75) is 26.3 Å². The Balaban J connectivity index is 2.02. The molecule has 1 aliphatic rings. The summed E-state index contributed by atoms with van der Waals surface area (Å²) in [6, 6.07) is 7.10. The summed E-state index contributed by atoms with van der Waals surface area (Å²) in [7, 11) is 1.60. The number of nitrogens with zero attached hydrogens (tertiary/aromatic N) is 1. The monoisotopic (exact) mass is 324 g/mol. The highest BCUT2D eigenvalue weighted by atomic mass is 35.5. The number of anilines is 1. The lowest BCUT2D eigenvalue weighted by Crippen LogP contribution is -2.44. The van der Waals surface area contributed by atoms with Gasteiger partial charge in [-0.3, -0.25) is 9.59 Å². The second-order valence-electron chi connectivity index (χ2n) is 6.09. The second-order valence-corrected chi connectivity index (χ2v) is 6.36. The van der Waals surface area contributed by atoms with Crippen molar-refractivity contribution < 1.29 is 14.3 Å². The summed E-state index contributed by atoms with van der Waals surface area (Å²) in [5, 5.41) is 2.91. The molecule has 120 valence electrons. The van der Waals surface area contributed by atoms with Crippen LogP contribution in [-0.4, -0.2) is 37.4 Å². The van der Waals surface area contributed by atoms with Gasteiger partial charge in [-0.05, 0) is 38.1 Å².